The van der Waals surface area contributed by atoms with Crippen LogP contribution in [0.5, 0.6) is 11.5 Å². The standard InChI is InChI=1S/C28H32O11S/c1-5-25(29)38-18(14-34-3)16-36-27-21-9-7-8-10-22(21)28(37-17-19(15-35-4)39-26(30)6-2)24-13-20(40(31,32)33)11-12-23(24)27/h5-11,18-19H,1-2,12-17H2,3-4H3,(H,31,32,33). The number of benzene rings is 2. The van der Waals surface area contributed by atoms with Crippen LogP contribution in [-0.2, 0) is 51.5 Å². The molecule has 1 aliphatic carbocycles. The van der Waals surface area contributed by atoms with Gasteiger partial charge >= 0.3 is 11.9 Å². The number of methoxy groups -OCH3 is 2. The van der Waals surface area contributed by atoms with Crippen LogP contribution in [0.1, 0.15) is 11.1 Å². The molecule has 2 aromatic carbocycles. The molecule has 40 heavy (non-hydrogen) atoms. The van der Waals surface area contributed by atoms with Gasteiger partial charge in [0.25, 0.3) is 10.1 Å². The molecule has 0 spiro atoms. The summed E-state index contributed by atoms with van der Waals surface area (Å²) in [6.45, 7) is 6.74. The average Bonchev–Trinajstić information content (AvgIpc) is 2.93. The summed E-state index contributed by atoms with van der Waals surface area (Å²) in [5, 5.41) is 1.24. The lowest BCUT2D eigenvalue weighted by atomic mass is 9.90. The highest BCUT2D eigenvalue weighted by atomic mass is 32.2. The Balaban J connectivity index is 2.08. The SMILES string of the molecule is C=CC(=O)OC(COC)COc1c2c(c(OCC(COC)OC(=O)C=C)c3ccccc13)CC(S(=O)(=O)O)=CC2. The fourth-order valence-electron chi connectivity index (χ4n) is 4.25. The fraction of sp³-hybridized carbons (Fsp3) is 0.357. The van der Waals surface area contributed by atoms with Crippen molar-refractivity contribution < 1.29 is 51.0 Å². The maximum Gasteiger partial charge on any atom is 0.330 e. The Morgan fingerprint density at radius 2 is 1.35 bits per heavy atom. The summed E-state index contributed by atoms with van der Waals surface area (Å²) in [6.07, 6.45) is 1.88. The molecule has 2 unspecified atom stereocenters. The topological polar surface area (TPSA) is 144 Å². The summed E-state index contributed by atoms with van der Waals surface area (Å²) in [6, 6.07) is 7.16. The van der Waals surface area contributed by atoms with Crippen molar-refractivity contribution in [3.8, 4) is 11.5 Å². The van der Waals surface area contributed by atoms with Crippen LogP contribution in [0.15, 0.2) is 60.6 Å². The molecule has 0 aromatic heterocycles. The van der Waals surface area contributed by atoms with Crippen molar-refractivity contribution in [3.63, 3.8) is 0 Å². The first-order valence-corrected chi connectivity index (χ1v) is 13.7. The van der Waals surface area contributed by atoms with Crippen molar-refractivity contribution in [1.82, 2.24) is 0 Å². The molecule has 0 heterocycles. The van der Waals surface area contributed by atoms with E-state index in [-0.39, 0.29) is 44.2 Å². The fourth-order valence-corrected chi connectivity index (χ4v) is 4.87. The molecule has 0 fully saturated rings. The third-order valence-corrected chi connectivity index (χ3v) is 6.95. The zero-order chi connectivity index (χ0) is 29.3. The van der Waals surface area contributed by atoms with E-state index < -0.39 is 34.3 Å². The summed E-state index contributed by atoms with van der Waals surface area (Å²) < 4.78 is 67.1. The van der Waals surface area contributed by atoms with Gasteiger partial charge in [-0.1, -0.05) is 43.5 Å². The summed E-state index contributed by atoms with van der Waals surface area (Å²) in [5.41, 5.74) is 1.10. The van der Waals surface area contributed by atoms with Crippen LogP contribution in [0.25, 0.3) is 10.8 Å². The third-order valence-electron chi connectivity index (χ3n) is 5.98. The molecule has 12 heteroatoms. The summed E-state index contributed by atoms with van der Waals surface area (Å²) >= 11 is 0. The number of esters is 2. The Labute approximate surface area is 232 Å². The molecule has 2 aromatic rings. The molecule has 0 saturated carbocycles. The Morgan fingerprint density at radius 3 is 1.77 bits per heavy atom. The van der Waals surface area contributed by atoms with E-state index >= 15 is 0 Å². The lowest BCUT2D eigenvalue weighted by Crippen LogP contribution is -2.30. The molecule has 216 valence electrons. The van der Waals surface area contributed by atoms with Crippen molar-refractivity contribution in [3.05, 3.63) is 71.7 Å². The molecule has 0 amide bonds. The Kier molecular flexibility index (Phi) is 10.8. The normalized spacial score (nSPS) is 14.3. The van der Waals surface area contributed by atoms with Crippen molar-refractivity contribution in [2.75, 3.05) is 40.6 Å². The second-order valence-corrected chi connectivity index (χ2v) is 10.2. The minimum atomic E-state index is -4.48. The van der Waals surface area contributed by atoms with Crippen LogP contribution in [0, 0.1) is 0 Å². The number of hydrogen-bond donors (Lipinski definition) is 1. The minimum Gasteiger partial charge on any atom is -0.489 e. The molecular formula is C28H32O11S. The molecule has 1 aliphatic rings. The molecule has 3 rings (SSSR count). The minimum absolute atomic E-state index is 0.0430. The van der Waals surface area contributed by atoms with Crippen molar-refractivity contribution in [2.24, 2.45) is 0 Å². The number of carbonyl (C=O) groups excluding carboxylic acids is 2. The smallest absolute Gasteiger partial charge is 0.330 e. The first-order valence-electron chi connectivity index (χ1n) is 12.2. The number of ether oxygens (including phenoxy) is 6. The van der Waals surface area contributed by atoms with Gasteiger partial charge in [-0.25, -0.2) is 9.59 Å². The maximum absolute atomic E-state index is 12.0. The predicted molar refractivity (Wildman–Crippen MR) is 146 cm³/mol. The Morgan fingerprint density at radius 1 is 0.875 bits per heavy atom. The lowest BCUT2D eigenvalue weighted by Gasteiger charge is -2.27. The Bertz CT molecular complexity index is 1390. The number of fused-ring (bicyclic) bond motifs is 2. The van der Waals surface area contributed by atoms with Crippen LogP contribution in [0.3, 0.4) is 0 Å². The van der Waals surface area contributed by atoms with E-state index in [1.165, 1.54) is 20.3 Å². The molecule has 0 bridgehead atoms. The number of hydrogen-bond acceptors (Lipinski definition) is 10. The molecule has 0 aliphatic heterocycles. The Hall–Kier alpha value is -3.71. The highest BCUT2D eigenvalue weighted by Gasteiger charge is 2.29. The van der Waals surface area contributed by atoms with E-state index in [1.807, 2.05) is 6.07 Å². The first kappa shape index (κ1) is 30.8. The van der Waals surface area contributed by atoms with E-state index in [0.717, 1.165) is 12.2 Å². The second kappa shape index (κ2) is 14.1. The molecular weight excluding hydrogens is 544 g/mol. The zero-order valence-electron chi connectivity index (χ0n) is 22.3. The van der Waals surface area contributed by atoms with Crippen LogP contribution in [0.4, 0.5) is 0 Å². The average molecular weight is 577 g/mol. The van der Waals surface area contributed by atoms with Gasteiger partial charge < -0.3 is 28.4 Å². The van der Waals surface area contributed by atoms with E-state index in [1.54, 1.807) is 18.2 Å². The number of allylic oxidation sites excluding steroid dienone is 2. The van der Waals surface area contributed by atoms with Gasteiger partial charge in [0.05, 0.1) is 18.1 Å². The van der Waals surface area contributed by atoms with Crippen molar-refractivity contribution >= 4 is 32.8 Å². The van der Waals surface area contributed by atoms with Crippen molar-refractivity contribution in [2.45, 2.75) is 25.0 Å². The van der Waals surface area contributed by atoms with Crippen LogP contribution in [0.2, 0.25) is 0 Å². The van der Waals surface area contributed by atoms with Gasteiger partial charge in [0.15, 0.2) is 12.2 Å². The summed E-state index contributed by atoms with van der Waals surface area (Å²) in [5.74, 6) is -0.509. The van der Waals surface area contributed by atoms with Gasteiger partial charge in [-0.05, 0) is 6.42 Å². The number of rotatable bonds is 15. The zero-order valence-corrected chi connectivity index (χ0v) is 23.1. The van der Waals surface area contributed by atoms with Gasteiger partial charge in [-0.15, -0.1) is 0 Å². The molecule has 2 atom stereocenters. The van der Waals surface area contributed by atoms with E-state index in [4.69, 9.17) is 28.4 Å². The highest BCUT2D eigenvalue weighted by Crippen LogP contribution is 2.44. The van der Waals surface area contributed by atoms with Crippen LogP contribution in [-0.4, -0.2) is 77.8 Å². The third kappa shape index (κ3) is 7.69. The summed E-state index contributed by atoms with van der Waals surface area (Å²) in [4.78, 5) is 23.4. The predicted octanol–water partition coefficient (Wildman–Crippen LogP) is 2.96. The van der Waals surface area contributed by atoms with E-state index in [0.29, 0.717) is 33.4 Å². The largest absolute Gasteiger partial charge is 0.489 e. The van der Waals surface area contributed by atoms with Gasteiger partial charge in [0, 0.05) is 54.7 Å². The van der Waals surface area contributed by atoms with Gasteiger partial charge in [-0.3, -0.25) is 4.55 Å². The van der Waals surface area contributed by atoms with E-state index in [2.05, 4.69) is 13.2 Å². The lowest BCUT2D eigenvalue weighted by molar-refractivity contribution is -0.148. The van der Waals surface area contributed by atoms with Gasteiger partial charge in [0.2, 0.25) is 0 Å². The maximum atomic E-state index is 12.0. The molecule has 0 saturated heterocycles. The monoisotopic (exact) mass is 576 g/mol. The van der Waals surface area contributed by atoms with Crippen molar-refractivity contribution in [1.29, 1.82) is 0 Å². The highest BCUT2D eigenvalue weighted by molar-refractivity contribution is 7.89. The summed E-state index contributed by atoms with van der Waals surface area (Å²) in [7, 11) is -1.57. The van der Waals surface area contributed by atoms with Crippen LogP contribution >= 0.6 is 0 Å². The van der Waals surface area contributed by atoms with Gasteiger partial charge in [0.1, 0.15) is 24.7 Å². The van der Waals surface area contributed by atoms with E-state index in [9.17, 15) is 22.6 Å². The number of carbonyl (C=O) groups is 2. The molecule has 11 nitrogen and oxygen atoms in total. The molecule has 0 radical (unpaired) electrons. The second-order valence-electron chi connectivity index (χ2n) is 8.75. The first-order chi connectivity index (χ1) is 19.1. The molecule has 1 N–H and O–H groups in total. The quantitative estimate of drug-likeness (QED) is 0.190. The van der Waals surface area contributed by atoms with Gasteiger partial charge in [-0.2, -0.15) is 8.42 Å². The van der Waals surface area contributed by atoms with Crippen LogP contribution < -0.4 is 9.47 Å².